The Bertz CT molecular complexity index is 409. The molecule has 0 aliphatic heterocycles. The molecule has 1 rings (SSSR count). The highest BCUT2D eigenvalue weighted by molar-refractivity contribution is 9.10. The van der Waals surface area contributed by atoms with Crippen molar-refractivity contribution in [2.45, 2.75) is 13.8 Å². The second kappa shape index (κ2) is 5.12. The quantitative estimate of drug-likeness (QED) is 0.843. The lowest BCUT2D eigenvalue weighted by Crippen LogP contribution is -2.37. The molecule has 4 nitrogen and oxygen atoms in total. The van der Waals surface area contributed by atoms with Crippen molar-refractivity contribution in [3.8, 4) is 0 Å². The van der Waals surface area contributed by atoms with Gasteiger partial charge in [0.25, 0.3) is 0 Å². The van der Waals surface area contributed by atoms with E-state index in [-0.39, 0.29) is 12.5 Å². The lowest BCUT2D eigenvalue weighted by Gasteiger charge is -2.21. The maximum Gasteiger partial charge on any atom is 0.231 e. The summed E-state index contributed by atoms with van der Waals surface area (Å²) in [4.78, 5) is 15.7. The summed E-state index contributed by atoms with van der Waals surface area (Å²) in [6.45, 7) is 3.84. The maximum absolute atomic E-state index is 11.8. The smallest absolute Gasteiger partial charge is 0.231 e. The van der Waals surface area contributed by atoms with Crippen LogP contribution in [0.5, 0.6) is 0 Å². The molecule has 0 saturated carbocycles. The van der Waals surface area contributed by atoms with E-state index >= 15 is 0 Å². The van der Waals surface area contributed by atoms with E-state index in [0.29, 0.717) is 15.3 Å². The van der Waals surface area contributed by atoms with Gasteiger partial charge in [0, 0.05) is 6.54 Å². The van der Waals surface area contributed by atoms with Crippen molar-refractivity contribution in [2.24, 2.45) is 11.1 Å². The molecule has 6 heteroatoms. The van der Waals surface area contributed by atoms with Crippen LogP contribution in [0.2, 0.25) is 5.15 Å². The molecule has 0 fully saturated rings. The Morgan fingerprint density at radius 3 is 2.81 bits per heavy atom. The molecule has 0 bridgehead atoms. The predicted molar refractivity (Wildman–Crippen MR) is 68.4 cm³/mol. The van der Waals surface area contributed by atoms with Crippen LogP contribution in [0.4, 0.5) is 5.69 Å². The fourth-order valence-corrected chi connectivity index (χ4v) is 1.33. The van der Waals surface area contributed by atoms with Crippen LogP contribution in [0.3, 0.4) is 0 Å². The fraction of sp³-hybridized carbons (Fsp3) is 0.400. The number of hydrogen-bond donors (Lipinski definition) is 2. The van der Waals surface area contributed by atoms with Gasteiger partial charge in [0.15, 0.2) is 0 Å². The normalized spacial score (nSPS) is 11.3. The van der Waals surface area contributed by atoms with Gasteiger partial charge in [-0.25, -0.2) is 4.98 Å². The van der Waals surface area contributed by atoms with Gasteiger partial charge in [-0.1, -0.05) is 11.6 Å². The zero-order valence-corrected chi connectivity index (χ0v) is 11.4. The lowest BCUT2D eigenvalue weighted by molar-refractivity contribution is -0.123. The lowest BCUT2D eigenvalue weighted by atomic mass is 9.93. The summed E-state index contributed by atoms with van der Waals surface area (Å²) in [6.07, 6.45) is 1.50. The number of aromatic nitrogens is 1. The molecule has 0 aliphatic rings. The number of amides is 1. The molecule has 1 heterocycles. The third kappa shape index (κ3) is 3.17. The Kier molecular flexibility index (Phi) is 4.29. The molecule has 0 radical (unpaired) electrons. The molecule has 0 saturated heterocycles. The molecule has 0 unspecified atom stereocenters. The highest BCUT2D eigenvalue weighted by Gasteiger charge is 2.25. The molecule has 0 spiro atoms. The monoisotopic (exact) mass is 305 g/mol. The molecular weight excluding hydrogens is 293 g/mol. The number of carbonyl (C=O) groups excluding carboxylic acids is 1. The van der Waals surface area contributed by atoms with Crippen LogP contribution in [0, 0.1) is 5.41 Å². The molecule has 0 aliphatic carbocycles. The van der Waals surface area contributed by atoms with Crippen molar-refractivity contribution >= 4 is 39.1 Å². The van der Waals surface area contributed by atoms with Gasteiger partial charge in [0.2, 0.25) is 5.91 Å². The first-order valence-corrected chi connectivity index (χ1v) is 5.86. The standard InChI is InChI=1S/C10H13BrClN3O/c1-10(2,5-13)9(16)15-6-3-7(11)8(12)14-4-6/h3-4H,5,13H2,1-2H3,(H,15,16). The summed E-state index contributed by atoms with van der Waals surface area (Å²) in [6, 6.07) is 1.69. The average Bonchev–Trinajstić information content (AvgIpc) is 2.23. The number of carbonyl (C=O) groups is 1. The minimum atomic E-state index is -0.605. The van der Waals surface area contributed by atoms with Gasteiger partial charge in [-0.05, 0) is 35.8 Å². The molecule has 16 heavy (non-hydrogen) atoms. The average molecular weight is 307 g/mol. The fourth-order valence-electron chi connectivity index (χ4n) is 0.883. The molecule has 0 atom stereocenters. The molecule has 0 aromatic carbocycles. The van der Waals surface area contributed by atoms with Gasteiger partial charge in [-0.15, -0.1) is 0 Å². The predicted octanol–water partition coefficient (Wildman–Crippen LogP) is 2.42. The van der Waals surface area contributed by atoms with E-state index in [2.05, 4.69) is 26.2 Å². The molecule has 1 aromatic heterocycles. The summed E-state index contributed by atoms with van der Waals surface area (Å²) in [5.74, 6) is -0.147. The van der Waals surface area contributed by atoms with Crippen LogP contribution >= 0.6 is 27.5 Å². The SMILES string of the molecule is CC(C)(CN)C(=O)Nc1cnc(Cl)c(Br)c1. The van der Waals surface area contributed by atoms with Crippen molar-refractivity contribution in [1.82, 2.24) is 4.98 Å². The number of anilines is 1. The van der Waals surface area contributed by atoms with Crippen LogP contribution in [0.1, 0.15) is 13.8 Å². The Balaban J connectivity index is 2.82. The number of pyridine rings is 1. The van der Waals surface area contributed by atoms with Crippen LogP contribution in [0.15, 0.2) is 16.7 Å². The summed E-state index contributed by atoms with van der Waals surface area (Å²) in [7, 11) is 0. The van der Waals surface area contributed by atoms with E-state index in [1.54, 1.807) is 19.9 Å². The van der Waals surface area contributed by atoms with Gasteiger partial charge in [-0.3, -0.25) is 4.79 Å². The Hall–Kier alpha value is -0.650. The number of rotatable bonds is 3. The molecule has 1 aromatic rings. The number of hydrogen-bond acceptors (Lipinski definition) is 3. The van der Waals surface area contributed by atoms with E-state index in [0.717, 1.165) is 0 Å². The first-order chi connectivity index (χ1) is 7.36. The van der Waals surface area contributed by atoms with Crippen molar-refractivity contribution in [2.75, 3.05) is 11.9 Å². The molecule has 1 amide bonds. The molecular formula is C10H13BrClN3O. The van der Waals surface area contributed by atoms with Crippen LogP contribution in [-0.2, 0) is 4.79 Å². The summed E-state index contributed by atoms with van der Waals surface area (Å²) >= 11 is 8.98. The van der Waals surface area contributed by atoms with E-state index in [1.807, 2.05) is 0 Å². The molecule has 88 valence electrons. The highest BCUT2D eigenvalue weighted by atomic mass is 79.9. The van der Waals surface area contributed by atoms with Crippen molar-refractivity contribution in [3.63, 3.8) is 0 Å². The third-order valence-electron chi connectivity index (χ3n) is 2.18. The first kappa shape index (κ1) is 13.4. The van der Waals surface area contributed by atoms with Gasteiger partial charge in [0.1, 0.15) is 5.15 Å². The van der Waals surface area contributed by atoms with E-state index in [4.69, 9.17) is 17.3 Å². The first-order valence-electron chi connectivity index (χ1n) is 4.69. The zero-order valence-electron chi connectivity index (χ0n) is 9.05. The zero-order chi connectivity index (χ0) is 12.3. The number of halogens is 2. The van der Waals surface area contributed by atoms with E-state index < -0.39 is 5.41 Å². The van der Waals surface area contributed by atoms with Crippen molar-refractivity contribution < 1.29 is 4.79 Å². The number of nitrogens with zero attached hydrogens (tertiary/aromatic N) is 1. The van der Waals surface area contributed by atoms with Gasteiger partial charge in [0.05, 0.1) is 21.8 Å². The number of nitrogens with two attached hydrogens (primary N) is 1. The second-order valence-electron chi connectivity index (χ2n) is 4.04. The van der Waals surface area contributed by atoms with Crippen LogP contribution < -0.4 is 11.1 Å². The van der Waals surface area contributed by atoms with E-state index in [9.17, 15) is 4.79 Å². The van der Waals surface area contributed by atoms with Crippen molar-refractivity contribution in [3.05, 3.63) is 21.9 Å². The Morgan fingerprint density at radius 1 is 1.69 bits per heavy atom. The summed E-state index contributed by atoms with van der Waals surface area (Å²) < 4.78 is 0.637. The largest absolute Gasteiger partial charge is 0.329 e. The Morgan fingerprint density at radius 2 is 2.31 bits per heavy atom. The van der Waals surface area contributed by atoms with Crippen LogP contribution in [0.25, 0.3) is 0 Å². The topological polar surface area (TPSA) is 68.0 Å². The Labute approximate surface area is 108 Å². The summed E-state index contributed by atoms with van der Waals surface area (Å²) in [5.41, 5.74) is 5.49. The molecule has 3 N–H and O–H groups in total. The minimum absolute atomic E-state index is 0.147. The van der Waals surface area contributed by atoms with Gasteiger partial charge in [-0.2, -0.15) is 0 Å². The second-order valence-corrected chi connectivity index (χ2v) is 5.25. The van der Waals surface area contributed by atoms with E-state index in [1.165, 1.54) is 6.20 Å². The highest BCUT2D eigenvalue weighted by Crippen LogP contribution is 2.24. The van der Waals surface area contributed by atoms with Crippen molar-refractivity contribution in [1.29, 1.82) is 0 Å². The minimum Gasteiger partial charge on any atom is -0.329 e. The van der Waals surface area contributed by atoms with Gasteiger partial charge < -0.3 is 11.1 Å². The maximum atomic E-state index is 11.8. The summed E-state index contributed by atoms with van der Waals surface area (Å²) in [5, 5.41) is 3.09. The third-order valence-corrected chi connectivity index (χ3v) is 3.31. The van der Waals surface area contributed by atoms with Gasteiger partial charge >= 0.3 is 0 Å². The van der Waals surface area contributed by atoms with Crippen LogP contribution in [-0.4, -0.2) is 17.4 Å². The number of nitrogens with one attached hydrogen (secondary N) is 1.